The number of aryl methyl sites for hydroxylation is 1. The van der Waals surface area contributed by atoms with Gasteiger partial charge in [0.25, 0.3) is 0 Å². The summed E-state index contributed by atoms with van der Waals surface area (Å²) in [6.07, 6.45) is -0.0287. The number of ether oxygens (including phenoxy) is 2. The molecule has 0 aliphatic carbocycles. The van der Waals surface area contributed by atoms with E-state index in [1.165, 1.54) is 13.2 Å². The molecule has 1 atom stereocenters. The van der Waals surface area contributed by atoms with E-state index in [0.29, 0.717) is 25.7 Å². The Kier molecular flexibility index (Phi) is 7.70. The Hall–Kier alpha value is -1.81. The van der Waals surface area contributed by atoms with Gasteiger partial charge in [0.05, 0.1) is 12.7 Å². The first-order chi connectivity index (χ1) is 12.4. The minimum atomic E-state index is -4.48. The van der Waals surface area contributed by atoms with E-state index < -0.39 is 11.9 Å². The fourth-order valence-electron chi connectivity index (χ4n) is 2.68. The van der Waals surface area contributed by atoms with Crippen LogP contribution in [0.15, 0.2) is 11.2 Å². The first-order valence-electron chi connectivity index (χ1n) is 8.63. The third kappa shape index (κ3) is 6.49. The van der Waals surface area contributed by atoms with Gasteiger partial charge < -0.3 is 20.1 Å². The van der Waals surface area contributed by atoms with Crippen LogP contribution < -0.4 is 10.6 Å². The van der Waals surface area contributed by atoms with Crippen molar-refractivity contribution < 1.29 is 22.6 Å². The summed E-state index contributed by atoms with van der Waals surface area (Å²) in [5.41, 5.74) is -0.812. The average Bonchev–Trinajstić information content (AvgIpc) is 3.22. The number of aliphatic imine (C=N–C) groups is 1. The highest BCUT2D eigenvalue weighted by Crippen LogP contribution is 2.30. The molecule has 148 valence electrons. The van der Waals surface area contributed by atoms with E-state index >= 15 is 0 Å². The second kappa shape index (κ2) is 9.77. The van der Waals surface area contributed by atoms with Crippen molar-refractivity contribution in [3.8, 4) is 0 Å². The minimum absolute atomic E-state index is 0.0160. The number of hydrogen-bond acceptors (Lipinski definition) is 4. The zero-order chi connectivity index (χ0) is 19.0. The van der Waals surface area contributed by atoms with Gasteiger partial charge in [-0.15, -0.1) is 0 Å². The predicted molar refractivity (Wildman–Crippen MR) is 90.8 cm³/mol. The van der Waals surface area contributed by atoms with Crippen molar-refractivity contribution >= 4 is 5.96 Å². The summed E-state index contributed by atoms with van der Waals surface area (Å²) < 4.78 is 51.0. The molecule has 1 aromatic heterocycles. The number of hydrogen-bond donors (Lipinski definition) is 2. The Bertz CT molecular complexity index is 583. The SMILES string of the molecule is CN=C(NCCCOCC1CCCO1)NCc1cn(C)nc1C(F)(F)F. The smallest absolute Gasteiger partial charge is 0.379 e. The van der Waals surface area contributed by atoms with Crippen molar-refractivity contribution in [2.45, 2.75) is 38.1 Å². The molecule has 10 heteroatoms. The van der Waals surface area contributed by atoms with E-state index in [1.807, 2.05) is 0 Å². The van der Waals surface area contributed by atoms with Crippen LogP contribution in [0.2, 0.25) is 0 Å². The van der Waals surface area contributed by atoms with Crippen LogP contribution in [-0.4, -0.2) is 55.3 Å². The van der Waals surface area contributed by atoms with Gasteiger partial charge in [0.15, 0.2) is 11.7 Å². The topological polar surface area (TPSA) is 72.7 Å². The van der Waals surface area contributed by atoms with Gasteiger partial charge in [-0.25, -0.2) is 0 Å². The molecule has 0 spiro atoms. The van der Waals surface area contributed by atoms with E-state index in [2.05, 4.69) is 20.7 Å². The van der Waals surface area contributed by atoms with Gasteiger partial charge in [0, 0.05) is 52.2 Å². The van der Waals surface area contributed by atoms with Gasteiger partial charge in [-0.2, -0.15) is 18.3 Å². The number of nitrogens with one attached hydrogen (secondary N) is 2. The lowest BCUT2D eigenvalue weighted by Crippen LogP contribution is -2.37. The molecule has 1 aliphatic heterocycles. The molecule has 0 bridgehead atoms. The average molecular weight is 377 g/mol. The van der Waals surface area contributed by atoms with Gasteiger partial charge >= 0.3 is 6.18 Å². The third-order valence-electron chi connectivity index (χ3n) is 3.93. The van der Waals surface area contributed by atoms with Crippen LogP contribution in [-0.2, 0) is 29.2 Å². The first-order valence-corrected chi connectivity index (χ1v) is 8.63. The minimum Gasteiger partial charge on any atom is -0.379 e. The molecule has 7 nitrogen and oxygen atoms in total. The largest absolute Gasteiger partial charge is 0.435 e. The van der Waals surface area contributed by atoms with Gasteiger partial charge in [0.2, 0.25) is 0 Å². The molecule has 0 aromatic carbocycles. The molecule has 0 radical (unpaired) electrons. The molecule has 2 rings (SSSR count). The summed E-state index contributed by atoms with van der Waals surface area (Å²) in [7, 11) is 3.03. The van der Waals surface area contributed by atoms with Crippen LogP contribution in [0.5, 0.6) is 0 Å². The lowest BCUT2D eigenvalue weighted by Gasteiger charge is -2.13. The van der Waals surface area contributed by atoms with Crippen LogP contribution in [0.3, 0.4) is 0 Å². The lowest BCUT2D eigenvalue weighted by molar-refractivity contribution is -0.142. The van der Waals surface area contributed by atoms with Crippen LogP contribution in [0.25, 0.3) is 0 Å². The van der Waals surface area contributed by atoms with Crippen molar-refractivity contribution in [1.29, 1.82) is 0 Å². The van der Waals surface area contributed by atoms with Crippen molar-refractivity contribution in [2.24, 2.45) is 12.0 Å². The molecule has 1 aromatic rings. The van der Waals surface area contributed by atoms with Crippen LogP contribution in [0.1, 0.15) is 30.5 Å². The number of alkyl halides is 3. The molecule has 1 fully saturated rings. The number of nitrogens with zero attached hydrogens (tertiary/aromatic N) is 3. The van der Waals surface area contributed by atoms with Gasteiger partial charge in [0.1, 0.15) is 0 Å². The Morgan fingerprint density at radius 2 is 2.27 bits per heavy atom. The van der Waals surface area contributed by atoms with Crippen molar-refractivity contribution in [1.82, 2.24) is 20.4 Å². The highest BCUT2D eigenvalue weighted by Gasteiger charge is 2.36. The number of halogens is 3. The maximum absolute atomic E-state index is 12.9. The Morgan fingerprint density at radius 3 is 2.92 bits per heavy atom. The molecule has 2 heterocycles. The zero-order valence-electron chi connectivity index (χ0n) is 15.1. The predicted octanol–water partition coefficient (Wildman–Crippen LogP) is 1.69. The Balaban J connectivity index is 1.66. The van der Waals surface area contributed by atoms with Crippen molar-refractivity contribution in [3.63, 3.8) is 0 Å². The fraction of sp³-hybridized carbons (Fsp3) is 0.750. The molecular weight excluding hydrogens is 351 g/mol. The Labute approximate surface area is 150 Å². The molecule has 0 amide bonds. The highest BCUT2D eigenvalue weighted by atomic mass is 19.4. The van der Waals surface area contributed by atoms with E-state index in [9.17, 15) is 13.2 Å². The summed E-state index contributed by atoms with van der Waals surface area (Å²) in [6, 6.07) is 0. The van der Waals surface area contributed by atoms with Crippen LogP contribution in [0.4, 0.5) is 13.2 Å². The first kappa shape index (κ1) is 20.5. The van der Waals surface area contributed by atoms with Gasteiger partial charge in [-0.05, 0) is 19.3 Å². The summed E-state index contributed by atoms with van der Waals surface area (Å²) in [5.74, 6) is 0.432. The molecule has 1 unspecified atom stereocenters. The van der Waals surface area contributed by atoms with Crippen molar-refractivity contribution in [3.05, 3.63) is 17.5 Å². The number of guanidine groups is 1. The van der Waals surface area contributed by atoms with E-state index in [0.717, 1.165) is 30.6 Å². The third-order valence-corrected chi connectivity index (χ3v) is 3.93. The molecule has 2 N–H and O–H groups in total. The Morgan fingerprint density at radius 1 is 1.46 bits per heavy atom. The van der Waals surface area contributed by atoms with Gasteiger partial charge in [-0.3, -0.25) is 9.67 Å². The maximum Gasteiger partial charge on any atom is 0.435 e. The summed E-state index contributed by atoms with van der Waals surface area (Å²) >= 11 is 0. The number of aromatic nitrogens is 2. The summed E-state index contributed by atoms with van der Waals surface area (Å²) in [6.45, 7) is 2.59. The molecular formula is C16H26F3N5O2. The molecule has 26 heavy (non-hydrogen) atoms. The quantitative estimate of drug-likeness (QED) is 0.410. The fourth-order valence-corrected chi connectivity index (χ4v) is 2.68. The monoisotopic (exact) mass is 377 g/mol. The molecule has 1 aliphatic rings. The second-order valence-electron chi connectivity index (χ2n) is 6.09. The van der Waals surface area contributed by atoms with Gasteiger partial charge in [-0.1, -0.05) is 0 Å². The van der Waals surface area contributed by atoms with Crippen molar-refractivity contribution in [2.75, 3.05) is 33.4 Å². The summed E-state index contributed by atoms with van der Waals surface area (Å²) in [5, 5.41) is 9.40. The lowest BCUT2D eigenvalue weighted by atomic mass is 10.2. The van der Waals surface area contributed by atoms with Crippen LogP contribution in [0, 0.1) is 0 Å². The summed E-state index contributed by atoms with van der Waals surface area (Å²) in [4.78, 5) is 4.01. The normalized spacial score (nSPS) is 18.3. The van der Waals surface area contributed by atoms with E-state index in [-0.39, 0.29) is 18.2 Å². The second-order valence-corrected chi connectivity index (χ2v) is 6.09. The maximum atomic E-state index is 12.9. The molecule has 0 saturated carbocycles. The van der Waals surface area contributed by atoms with Crippen LogP contribution >= 0.6 is 0 Å². The molecule has 1 saturated heterocycles. The zero-order valence-corrected chi connectivity index (χ0v) is 15.1. The van der Waals surface area contributed by atoms with E-state index in [4.69, 9.17) is 9.47 Å². The number of rotatable bonds is 8. The highest BCUT2D eigenvalue weighted by molar-refractivity contribution is 5.79. The van der Waals surface area contributed by atoms with E-state index in [1.54, 1.807) is 7.05 Å². The standard InChI is InChI=1S/C16H26F3N5O2/c1-20-15(21-6-4-7-25-11-13-5-3-8-26-13)22-9-12-10-24(2)23-14(12)16(17,18)19/h10,13H,3-9,11H2,1-2H3,(H2,20,21,22).